The Morgan fingerprint density at radius 3 is 2.76 bits per heavy atom. The van der Waals surface area contributed by atoms with Crippen LogP contribution in [-0.4, -0.2) is 17.6 Å². The molecule has 0 unspecified atom stereocenters. The molecule has 1 amide bonds. The van der Waals surface area contributed by atoms with Crippen molar-refractivity contribution in [3.8, 4) is 0 Å². The highest BCUT2D eigenvalue weighted by molar-refractivity contribution is 6.35. The van der Waals surface area contributed by atoms with E-state index in [2.05, 4.69) is 15.8 Å². The number of aryl methyl sites for hydroxylation is 1. The van der Waals surface area contributed by atoms with Crippen LogP contribution in [0.15, 0.2) is 28.8 Å². The van der Waals surface area contributed by atoms with Crippen molar-refractivity contribution in [2.45, 2.75) is 19.9 Å². The summed E-state index contributed by atoms with van der Waals surface area (Å²) in [5.41, 5.74) is 0.881. The van der Waals surface area contributed by atoms with E-state index in [1.54, 1.807) is 25.1 Å². The maximum atomic E-state index is 11.8. The minimum Gasteiger partial charge on any atom is -0.360 e. The number of hydrogen-bond donors (Lipinski definition) is 2. The lowest BCUT2D eigenvalue weighted by molar-refractivity contribution is -0.115. The SMILES string of the molecule is Cc1cc(NC(=O)CN[C@@H](C)c2ccc(Cl)cc2Cl)no1. The molecule has 2 aromatic rings. The van der Waals surface area contributed by atoms with Crippen LogP contribution in [0.3, 0.4) is 0 Å². The molecular formula is C14H15Cl2N3O2. The molecule has 1 heterocycles. The van der Waals surface area contributed by atoms with Gasteiger partial charge in [0, 0.05) is 22.2 Å². The Hall–Kier alpha value is -1.56. The summed E-state index contributed by atoms with van der Waals surface area (Å²) in [6.45, 7) is 3.81. The van der Waals surface area contributed by atoms with Crippen LogP contribution in [0.25, 0.3) is 0 Å². The van der Waals surface area contributed by atoms with Gasteiger partial charge in [-0.3, -0.25) is 4.79 Å². The Labute approximate surface area is 132 Å². The molecule has 0 radical (unpaired) electrons. The molecule has 5 nitrogen and oxygen atoms in total. The molecule has 7 heteroatoms. The Bertz CT molecular complexity index is 643. The fraction of sp³-hybridized carbons (Fsp3) is 0.286. The van der Waals surface area contributed by atoms with Crippen LogP contribution in [-0.2, 0) is 4.79 Å². The number of carbonyl (C=O) groups excluding carboxylic acids is 1. The molecular weight excluding hydrogens is 313 g/mol. The van der Waals surface area contributed by atoms with Crippen LogP contribution in [0.5, 0.6) is 0 Å². The standard InChI is InChI=1S/C14H15Cl2N3O2/c1-8-5-13(19-21-8)18-14(20)7-17-9(2)11-4-3-10(15)6-12(11)16/h3-6,9,17H,7H2,1-2H3,(H,18,19,20)/t9-/m0/s1. The molecule has 1 aromatic heterocycles. The van der Waals surface area contributed by atoms with Crippen molar-refractivity contribution in [2.75, 3.05) is 11.9 Å². The zero-order chi connectivity index (χ0) is 15.4. The maximum absolute atomic E-state index is 11.8. The normalized spacial score (nSPS) is 12.2. The molecule has 0 bridgehead atoms. The first-order valence-corrected chi connectivity index (χ1v) is 7.13. The average Bonchev–Trinajstić information content (AvgIpc) is 2.81. The minimum atomic E-state index is -0.208. The molecule has 0 aliphatic heterocycles. The second kappa shape index (κ2) is 6.93. The minimum absolute atomic E-state index is 0.0837. The summed E-state index contributed by atoms with van der Waals surface area (Å²) in [4.78, 5) is 11.8. The smallest absolute Gasteiger partial charge is 0.239 e. The van der Waals surface area contributed by atoms with E-state index in [0.29, 0.717) is 21.6 Å². The van der Waals surface area contributed by atoms with E-state index in [4.69, 9.17) is 27.7 Å². The van der Waals surface area contributed by atoms with Crippen molar-refractivity contribution >= 4 is 34.9 Å². The summed E-state index contributed by atoms with van der Waals surface area (Å²) in [5, 5.41) is 10.6. The fourth-order valence-electron chi connectivity index (χ4n) is 1.82. The van der Waals surface area contributed by atoms with Gasteiger partial charge < -0.3 is 15.2 Å². The number of amides is 1. The number of carbonyl (C=O) groups is 1. The topological polar surface area (TPSA) is 67.2 Å². The van der Waals surface area contributed by atoms with Crippen LogP contribution in [0, 0.1) is 6.92 Å². The van der Waals surface area contributed by atoms with E-state index in [1.165, 1.54) is 0 Å². The molecule has 21 heavy (non-hydrogen) atoms. The maximum Gasteiger partial charge on any atom is 0.239 e. The molecule has 112 valence electrons. The first-order valence-electron chi connectivity index (χ1n) is 6.37. The van der Waals surface area contributed by atoms with Crippen LogP contribution in [0.4, 0.5) is 5.82 Å². The Balaban J connectivity index is 1.88. The highest BCUT2D eigenvalue weighted by atomic mass is 35.5. The van der Waals surface area contributed by atoms with Crippen LogP contribution in [0.1, 0.15) is 24.3 Å². The number of benzene rings is 1. The zero-order valence-electron chi connectivity index (χ0n) is 11.6. The quantitative estimate of drug-likeness (QED) is 0.880. The van der Waals surface area contributed by atoms with Crippen LogP contribution >= 0.6 is 23.2 Å². The monoisotopic (exact) mass is 327 g/mol. The Morgan fingerprint density at radius 1 is 1.38 bits per heavy atom. The number of hydrogen-bond acceptors (Lipinski definition) is 4. The van der Waals surface area contributed by atoms with E-state index in [-0.39, 0.29) is 18.5 Å². The van der Waals surface area contributed by atoms with Gasteiger partial charge >= 0.3 is 0 Å². The summed E-state index contributed by atoms with van der Waals surface area (Å²) in [6, 6.07) is 6.84. The largest absolute Gasteiger partial charge is 0.360 e. The van der Waals surface area contributed by atoms with Crippen molar-refractivity contribution in [3.05, 3.63) is 45.6 Å². The number of nitrogens with zero attached hydrogens (tertiary/aromatic N) is 1. The van der Waals surface area contributed by atoms with Gasteiger partial charge in [-0.2, -0.15) is 0 Å². The Kier molecular flexibility index (Phi) is 5.22. The molecule has 0 saturated heterocycles. The van der Waals surface area contributed by atoms with Crippen molar-refractivity contribution in [1.29, 1.82) is 0 Å². The number of anilines is 1. The van der Waals surface area contributed by atoms with Crippen molar-refractivity contribution in [3.63, 3.8) is 0 Å². The summed E-state index contributed by atoms with van der Waals surface area (Å²) in [6.07, 6.45) is 0. The third-order valence-corrected chi connectivity index (χ3v) is 3.46. The van der Waals surface area contributed by atoms with E-state index < -0.39 is 0 Å². The van der Waals surface area contributed by atoms with Gasteiger partial charge in [-0.1, -0.05) is 34.4 Å². The average molecular weight is 328 g/mol. The van der Waals surface area contributed by atoms with Gasteiger partial charge in [-0.05, 0) is 31.5 Å². The molecule has 0 aliphatic rings. The first kappa shape index (κ1) is 15.8. The third kappa shape index (κ3) is 4.46. The second-order valence-electron chi connectivity index (χ2n) is 4.64. The lowest BCUT2D eigenvalue weighted by Crippen LogP contribution is -2.30. The van der Waals surface area contributed by atoms with Crippen molar-refractivity contribution in [1.82, 2.24) is 10.5 Å². The summed E-state index contributed by atoms with van der Waals surface area (Å²) >= 11 is 12.0. The van der Waals surface area contributed by atoms with Gasteiger partial charge in [-0.25, -0.2) is 0 Å². The highest BCUT2D eigenvalue weighted by Crippen LogP contribution is 2.25. The second-order valence-corrected chi connectivity index (χ2v) is 5.48. The summed E-state index contributed by atoms with van der Waals surface area (Å²) in [5.74, 6) is 0.830. The molecule has 1 atom stereocenters. The van der Waals surface area contributed by atoms with Crippen LogP contribution in [0.2, 0.25) is 10.0 Å². The summed E-state index contributed by atoms with van der Waals surface area (Å²) < 4.78 is 4.87. The highest BCUT2D eigenvalue weighted by Gasteiger charge is 2.12. The van der Waals surface area contributed by atoms with Gasteiger partial charge in [0.1, 0.15) is 5.76 Å². The molecule has 1 aromatic carbocycles. The number of aromatic nitrogens is 1. The molecule has 0 aliphatic carbocycles. The lowest BCUT2D eigenvalue weighted by Gasteiger charge is -2.15. The third-order valence-electron chi connectivity index (χ3n) is 2.89. The summed E-state index contributed by atoms with van der Waals surface area (Å²) in [7, 11) is 0. The molecule has 2 N–H and O–H groups in total. The van der Waals surface area contributed by atoms with E-state index >= 15 is 0 Å². The lowest BCUT2D eigenvalue weighted by atomic mass is 10.1. The van der Waals surface area contributed by atoms with Crippen LogP contribution < -0.4 is 10.6 Å². The van der Waals surface area contributed by atoms with E-state index in [0.717, 1.165) is 5.56 Å². The predicted molar refractivity (Wildman–Crippen MR) is 82.7 cm³/mol. The van der Waals surface area contributed by atoms with Gasteiger partial charge in [0.15, 0.2) is 5.82 Å². The Morgan fingerprint density at radius 2 is 2.14 bits per heavy atom. The van der Waals surface area contributed by atoms with Crippen molar-refractivity contribution in [2.24, 2.45) is 0 Å². The van der Waals surface area contributed by atoms with Gasteiger partial charge in [0.2, 0.25) is 5.91 Å². The molecule has 2 rings (SSSR count). The predicted octanol–water partition coefficient (Wildman–Crippen LogP) is 3.58. The molecule has 0 fully saturated rings. The zero-order valence-corrected chi connectivity index (χ0v) is 13.1. The molecule has 0 saturated carbocycles. The molecule has 0 spiro atoms. The number of rotatable bonds is 5. The van der Waals surface area contributed by atoms with E-state index in [9.17, 15) is 4.79 Å². The number of halogens is 2. The fourth-order valence-corrected chi connectivity index (χ4v) is 2.39. The van der Waals surface area contributed by atoms with Gasteiger partial charge in [0.25, 0.3) is 0 Å². The van der Waals surface area contributed by atoms with Crippen molar-refractivity contribution < 1.29 is 9.32 Å². The number of nitrogens with one attached hydrogen (secondary N) is 2. The first-order chi connectivity index (χ1) is 9.95. The van der Waals surface area contributed by atoms with Gasteiger partial charge in [0.05, 0.1) is 6.54 Å². The van der Waals surface area contributed by atoms with Gasteiger partial charge in [-0.15, -0.1) is 0 Å². The van der Waals surface area contributed by atoms with E-state index in [1.807, 2.05) is 13.0 Å².